The summed E-state index contributed by atoms with van der Waals surface area (Å²) < 4.78 is 3.97. The molecule has 0 fully saturated rings. The summed E-state index contributed by atoms with van der Waals surface area (Å²) in [6.07, 6.45) is 2.79. The fraction of sp³-hybridized carbons (Fsp3) is 0.238. The first kappa shape index (κ1) is 16.5. The summed E-state index contributed by atoms with van der Waals surface area (Å²) in [6.45, 7) is 4.09. The third-order valence-electron chi connectivity index (χ3n) is 4.82. The second-order valence-corrected chi connectivity index (χ2v) is 6.39. The number of aryl methyl sites for hydroxylation is 2. The van der Waals surface area contributed by atoms with Gasteiger partial charge in [-0.3, -0.25) is 4.79 Å². The molecule has 132 valence electrons. The van der Waals surface area contributed by atoms with Crippen LogP contribution in [0.1, 0.15) is 13.3 Å². The largest absolute Gasteiger partial charge is 0.347 e. The molecular formula is C21H22N4O. The van der Waals surface area contributed by atoms with E-state index < -0.39 is 0 Å². The normalized spacial score (nSPS) is 11.5. The molecule has 2 N–H and O–H groups in total. The maximum atomic E-state index is 13.3. The summed E-state index contributed by atoms with van der Waals surface area (Å²) in [4.78, 5) is 18.0. The van der Waals surface area contributed by atoms with E-state index in [9.17, 15) is 4.79 Å². The van der Waals surface area contributed by atoms with Gasteiger partial charge in [-0.1, -0.05) is 30.3 Å². The van der Waals surface area contributed by atoms with Gasteiger partial charge in [0.15, 0.2) is 0 Å². The third kappa shape index (κ3) is 2.61. The molecule has 5 heteroatoms. The molecule has 0 bridgehead atoms. The Bertz CT molecular complexity index is 1140. The second-order valence-electron chi connectivity index (χ2n) is 6.39. The molecule has 4 aromatic rings. The van der Waals surface area contributed by atoms with Crippen LogP contribution in [-0.4, -0.2) is 20.7 Å². The molecule has 2 heterocycles. The lowest BCUT2D eigenvalue weighted by atomic mass is 10.1. The predicted molar refractivity (Wildman–Crippen MR) is 106 cm³/mol. The molecule has 2 aromatic carbocycles. The van der Waals surface area contributed by atoms with Crippen molar-refractivity contribution in [1.82, 2.24) is 14.1 Å². The zero-order valence-electron chi connectivity index (χ0n) is 14.9. The van der Waals surface area contributed by atoms with E-state index in [0.29, 0.717) is 18.8 Å². The third-order valence-corrected chi connectivity index (χ3v) is 4.82. The van der Waals surface area contributed by atoms with E-state index in [2.05, 4.69) is 23.6 Å². The van der Waals surface area contributed by atoms with Gasteiger partial charge in [-0.2, -0.15) is 0 Å². The van der Waals surface area contributed by atoms with Crippen LogP contribution in [0.2, 0.25) is 0 Å². The zero-order chi connectivity index (χ0) is 18.1. The fourth-order valence-electron chi connectivity index (χ4n) is 3.54. The summed E-state index contributed by atoms with van der Waals surface area (Å²) in [7, 11) is 0. The quantitative estimate of drug-likeness (QED) is 0.602. The molecule has 5 nitrogen and oxygen atoms in total. The van der Waals surface area contributed by atoms with E-state index in [1.165, 1.54) is 0 Å². The maximum Gasteiger partial charge on any atom is 0.277 e. The molecule has 0 aliphatic heterocycles. The summed E-state index contributed by atoms with van der Waals surface area (Å²) in [5, 5.41) is 1.06. The highest BCUT2D eigenvalue weighted by atomic mass is 16.1. The van der Waals surface area contributed by atoms with Crippen molar-refractivity contribution in [3.05, 3.63) is 65.1 Å². The Morgan fingerprint density at radius 1 is 1.04 bits per heavy atom. The standard InChI is InChI=1S/C21H22N4O/c1-2-24-14-16(15-8-3-5-10-18(15)24)20-21(26)25(13-7-12-22)19-11-6-4-9-17(19)23-20/h3-6,8-11,14H,2,7,12-13,22H2,1H3. The molecule has 0 saturated carbocycles. The number of para-hydroxylation sites is 3. The zero-order valence-corrected chi connectivity index (χ0v) is 14.9. The van der Waals surface area contributed by atoms with Gasteiger partial charge in [0, 0.05) is 35.8 Å². The Hall–Kier alpha value is -2.92. The van der Waals surface area contributed by atoms with Crippen molar-refractivity contribution in [3.8, 4) is 11.3 Å². The van der Waals surface area contributed by atoms with Crippen LogP contribution in [0.5, 0.6) is 0 Å². The Kier molecular flexibility index (Phi) is 4.31. The van der Waals surface area contributed by atoms with Gasteiger partial charge < -0.3 is 14.9 Å². The smallest absolute Gasteiger partial charge is 0.277 e. The minimum atomic E-state index is -0.0591. The van der Waals surface area contributed by atoms with Gasteiger partial charge in [-0.05, 0) is 38.1 Å². The molecule has 26 heavy (non-hydrogen) atoms. The number of hydrogen-bond donors (Lipinski definition) is 1. The minimum absolute atomic E-state index is 0.0591. The van der Waals surface area contributed by atoms with Crippen LogP contribution < -0.4 is 11.3 Å². The maximum absolute atomic E-state index is 13.3. The fourth-order valence-corrected chi connectivity index (χ4v) is 3.54. The average Bonchev–Trinajstić information content (AvgIpc) is 3.05. The lowest BCUT2D eigenvalue weighted by Crippen LogP contribution is -2.24. The van der Waals surface area contributed by atoms with E-state index >= 15 is 0 Å². The summed E-state index contributed by atoms with van der Waals surface area (Å²) in [5.41, 5.74) is 9.81. The number of benzene rings is 2. The first-order valence-corrected chi connectivity index (χ1v) is 9.02. The Labute approximate surface area is 151 Å². The van der Waals surface area contributed by atoms with Crippen LogP contribution in [0.4, 0.5) is 0 Å². The number of nitrogens with zero attached hydrogens (tertiary/aromatic N) is 3. The van der Waals surface area contributed by atoms with Crippen LogP contribution in [0.15, 0.2) is 59.5 Å². The van der Waals surface area contributed by atoms with Crippen molar-refractivity contribution in [2.75, 3.05) is 6.54 Å². The van der Waals surface area contributed by atoms with Crippen molar-refractivity contribution in [3.63, 3.8) is 0 Å². The highest BCUT2D eigenvalue weighted by Crippen LogP contribution is 2.28. The first-order valence-electron chi connectivity index (χ1n) is 9.02. The van der Waals surface area contributed by atoms with E-state index in [1.807, 2.05) is 47.2 Å². The van der Waals surface area contributed by atoms with E-state index in [-0.39, 0.29) is 5.56 Å². The number of nitrogens with two attached hydrogens (primary N) is 1. The molecular weight excluding hydrogens is 324 g/mol. The van der Waals surface area contributed by atoms with Crippen molar-refractivity contribution in [1.29, 1.82) is 0 Å². The van der Waals surface area contributed by atoms with Crippen LogP contribution in [0.3, 0.4) is 0 Å². The van der Waals surface area contributed by atoms with Gasteiger partial charge in [-0.25, -0.2) is 4.98 Å². The highest BCUT2D eigenvalue weighted by molar-refractivity contribution is 5.95. The van der Waals surface area contributed by atoms with Crippen molar-refractivity contribution < 1.29 is 0 Å². The molecule has 2 aromatic heterocycles. The number of hydrogen-bond acceptors (Lipinski definition) is 3. The van der Waals surface area contributed by atoms with Crippen LogP contribution in [0, 0.1) is 0 Å². The monoisotopic (exact) mass is 346 g/mol. The van der Waals surface area contributed by atoms with Gasteiger partial charge >= 0.3 is 0 Å². The molecule has 0 atom stereocenters. The SMILES string of the molecule is CCn1cc(-c2nc3ccccc3n(CCCN)c2=O)c2ccccc21. The number of rotatable bonds is 5. The Morgan fingerprint density at radius 3 is 2.54 bits per heavy atom. The summed E-state index contributed by atoms with van der Waals surface area (Å²) >= 11 is 0. The lowest BCUT2D eigenvalue weighted by molar-refractivity contribution is 0.648. The van der Waals surface area contributed by atoms with Gasteiger partial charge in [0.2, 0.25) is 0 Å². The first-order chi connectivity index (χ1) is 12.7. The molecule has 0 aliphatic rings. The van der Waals surface area contributed by atoms with Gasteiger partial charge in [0.1, 0.15) is 5.69 Å². The molecule has 0 radical (unpaired) electrons. The number of fused-ring (bicyclic) bond motifs is 2. The summed E-state index contributed by atoms with van der Waals surface area (Å²) in [5.74, 6) is 0. The molecule has 0 unspecified atom stereocenters. The predicted octanol–water partition coefficient (Wildman–Crippen LogP) is 3.39. The van der Waals surface area contributed by atoms with E-state index in [0.717, 1.165) is 40.5 Å². The second kappa shape index (κ2) is 6.77. The highest BCUT2D eigenvalue weighted by Gasteiger charge is 2.17. The number of aromatic nitrogens is 3. The van der Waals surface area contributed by atoms with Gasteiger partial charge in [0.25, 0.3) is 5.56 Å². The Balaban J connectivity index is 2.04. The van der Waals surface area contributed by atoms with E-state index in [1.54, 1.807) is 0 Å². The summed E-state index contributed by atoms with van der Waals surface area (Å²) in [6, 6.07) is 15.9. The molecule has 0 amide bonds. The van der Waals surface area contributed by atoms with Gasteiger partial charge in [0.05, 0.1) is 11.0 Å². The molecule has 4 rings (SSSR count). The molecule has 0 aliphatic carbocycles. The molecule has 0 spiro atoms. The Morgan fingerprint density at radius 2 is 1.77 bits per heavy atom. The van der Waals surface area contributed by atoms with Crippen molar-refractivity contribution in [2.24, 2.45) is 5.73 Å². The lowest BCUT2D eigenvalue weighted by Gasteiger charge is -2.11. The van der Waals surface area contributed by atoms with Crippen molar-refractivity contribution >= 4 is 21.9 Å². The van der Waals surface area contributed by atoms with Crippen LogP contribution in [0.25, 0.3) is 33.2 Å². The van der Waals surface area contributed by atoms with Crippen LogP contribution in [-0.2, 0) is 13.1 Å². The van der Waals surface area contributed by atoms with Gasteiger partial charge in [-0.15, -0.1) is 0 Å². The average molecular weight is 346 g/mol. The van der Waals surface area contributed by atoms with E-state index in [4.69, 9.17) is 10.7 Å². The minimum Gasteiger partial charge on any atom is -0.347 e. The molecule has 0 saturated heterocycles. The topological polar surface area (TPSA) is 65.8 Å². The van der Waals surface area contributed by atoms with Crippen molar-refractivity contribution in [2.45, 2.75) is 26.4 Å². The van der Waals surface area contributed by atoms with Crippen LogP contribution >= 0.6 is 0 Å².